The molecular weight excluding hydrogens is 276 g/mol. The van der Waals surface area contributed by atoms with Gasteiger partial charge in [-0.25, -0.2) is 13.1 Å². The van der Waals surface area contributed by atoms with Crippen molar-refractivity contribution >= 4 is 20.9 Å². The molecule has 0 saturated heterocycles. The third kappa shape index (κ3) is 3.15. The summed E-state index contributed by atoms with van der Waals surface area (Å²) in [6, 6.07) is 6.86. The molecular formula is C14H18N2O3S. The second kappa shape index (κ2) is 6.30. The molecule has 5 nitrogen and oxygen atoms in total. The van der Waals surface area contributed by atoms with Crippen molar-refractivity contribution in [3.63, 3.8) is 0 Å². The highest BCUT2D eigenvalue weighted by Crippen LogP contribution is 2.23. The molecule has 6 heteroatoms. The van der Waals surface area contributed by atoms with Crippen molar-refractivity contribution < 1.29 is 13.5 Å². The van der Waals surface area contributed by atoms with Gasteiger partial charge in [0.25, 0.3) is 0 Å². The largest absolute Gasteiger partial charge is 0.396 e. The quantitative estimate of drug-likeness (QED) is 0.793. The van der Waals surface area contributed by atoms with Gasteiger partial charge in [-0.05, 0) is 43.5 Å². The summed E-state index contributed by atoms with van der Waals surface area (Å²) < 4.78 is 27.2. The van der Waals surface area contributed by atoms with Gasteiger partial charge in [-0.2, -0.15) is 0 Å². The molecule has 1 heterocycles. The Balaban J connectivity index is 2.35. The highest BCUT2D eigenvalue weighted by atomic mass is 32.2. The van der Waals surface area contributed by atoms with Gasteiger partial charge < -0.3 is 5.11 Å². The molecule has 0 spiro atoms. The Morgan fingerprint density at radius 2 is 2.05 bits per heavy atom. The lowest BCUT2D eigenvalue weighted by atomic mass is 10.1. The van der Waals surface area contributed by atoms with Crippen molar-refractivity contribution in [2.24, 2.45) is 0 Å². The summed E-state index contributed by atoms with van der Waals surface area (Å²) >= 11 is 0. The van der Waals surface area contributed by atoms with Gasteiger partial charge in [-0.3, -0.25) is 4.98 Å². The second-order valence-corrected chi connectivity index (χ2v) is 6.34. The number of hydrogen-bond acceptors (Lipinski definition) is 4. The number of nitrogens with zero attached hydrogens (tertiary/aromatic N) is 1. The van der Waals surface area contributed by atoms with E-state index in [-0.39, 0.29) is 11.5 Å². The monoisotopic (exact) mass is 294 g/mol. The predicted molar refractivity (Wildman–Crippen MR) is 78.0 cm³/mol. The number of sulfonamides is 1. The van der Waals surface area contributed by atoms with Crippen LogP contribution in [-0.2, 0) is 10.0 Å². The number of aromatic nitrogens is 1. The van der Waals surface area contributed by atoms with Crippen LogP contribution < -0.4 is 4.72 Å². The molecule has 2 N–H and O–H groups in total. The number of pyridine rings is 1. The third-order valence-corrected chi connectivity index (χ3v) is 4.62. The van der Waals surface area contributed by atoms with E-state index in [2.05, 4.69) is 9.71 Å². The van der Waals surface area contributed by atoms with Crippen LogP contribution in [0, 0.1) is 6.92 Å². The Kier molecular flexibility index (Phi) is 4.69. The molecule has 0 atom stereocenters. The second-order valence-electron chi connectivity index (χ2n) is 4.61. The first kappa shape index (κ1) is 14.9. The molecule has 108 valence electrons. The number of rotatable bonds is 6. The summed E-state index contributed by atoms with van der Waals surface area (Å²) in [5, 5.41) is 9.33. The zero-order valence-corrected chi connectivity index (χ0v) is 12.2. The minimum atomic E-state index is -3.56. The van der Waals surface area contributed by atoms with Crippen molar-refractivity contribution in [1.82, 2.24) is 9.71 Å². The zero-order valence-electron chi connectivity index (χ0n) is 11.3. The highest BCUT2D eigenvalue weighted by Gasteiger charge is 2.17. The molecule has 0 radical (unpaired) electrons. The number of hydrogen-bond donors (Lipinski definition) is 2. The maximum absolute atomic E-state index is 12.3. The standard InChI is InChI=1S/C14H18N2O3S/c1-11-6-7-13(12-5-4-8-15-14(11)12)20(18,19)16-9-2-3-10-17/h4-8,16-17H,2-3,9-10H2,1H3. The zero-order chi connectivity index (χ0) is 14.6. The summed E-state index contributed by atoms with van der Waals surface area (Å²) in [4.78, 5) is 4.48. The van der Waals surface area contributed by atoms with Crippen molar-refractivity contribution in [3.8, 4) is 0 Å². The van der Waals surface area contributed by atoms with E-state index in [1.807, 2.05) is 6.92 Å². The summed E-state index contributed by atoms with van der Waals surface area (Å²) in [5.41, 5.74) is 1.64. The van der Waals surface area contributed by atoms with Crippen LogP contribution in [0.15, 0.2) is 35.4 Å². The van der Waals surface area contributed by atoms with Crippen LogP contribution >= 0.6 is 0 Å². The third-order valence-electron chi connectivity index (χ3n) is 3.10. The van der Waals surface area contributed by atoms with Crippen LogP contribution in [0.1, 0.15) is 18.4 Å². The Hall–Kier alpha value is -1.50. The predicted octanol–water partition coefficient (Wildman–Crippen LogP) is 1.59. The van der Waals surface area contributed by atoms with Crippen LogP contribution in [0.4, 0.5) is 0 Å². The molecule has 0 fully saturated rings. The molecule has 2 aromatic rings. The Morgan fingerprint density at radius 3 is 2.80 bits per heavy atom. The molecule has 0 aliphatic rings. The first-order chi connectivity index (χ1) is 9.56. The van der Waals surface area contributed by atoms with Gasteiger partial charge in [0.2, 0.25) is 10.0 Å². The van der Waals surface area contributed by atoms with Crippen LogP contribution in [0.5, 0.6) is 0 Å². The van der Waals surface area contributed by atoms with E-state index in [1.54, 1.807) is 30.5 Å². The fourth-order valence-electron chi connectivity index (χ4n) is 2.04. The fraction of sp³-hybridized carbons (Fsp3) is 0.357. The average molecular weight is 294 g/mol. The molecule has 0 aliphatic carbocycles. The van der Waals surface area contributed by atoms with Crippen molar-refractivity contribution in [2.45, 2.75) is 24.7 Å². The molecule has 1 aromatic carbocycles. The Morgan fingerprint density at radius 1 is 1.25 bits per heavy atom. The average Bonchev–Trinajstić information content (AvgIpc) is 2.44. The fourth-order valence-corrected chi connectivity index (χ4v) is 3.31. The highest BCUT2D eigenvalue weighted by molar-refractivity contribution is 7.89. The lowest BCUT2D eigenvalue weighted by Crippen LogP contribution is -2.25. The topological polar surface area (TPSA) is 79.3 Å². The SMILES string of the molecule is Cc1ccc(S(=O)(=O)NCCCCO)c2cccnc12. The van der Waals surface area contributed by atoms with Crippen molar-refractivity contribution in [3.05, 3.63) is 36.0 Å². The van der Waals surface area contributed by atoms with E-state index in [0.717, 1.165) is 5.56 Å². The van der Waals surface area contributed by atoms with Gasteiger partial charge in [0.15, 0.2) is 0 Å². The van der Waals surface area contributed by atoms with Crippen LogP contribution in [-0.4, -0.2) is 31.7 Å². The van der Waals surface area contributed by atoms with E-state index in [1.165, 1.54) is 0 Å². The molecule has 0 unspecified atom stereocenters. The summed E-state index contributed by atoms with van der Waals surface area (Å²) in [6.07, 6.45) is 2.84. The molecule has 0 saturated carbocycles. The first-order valence-electron chi connectivity index (χ1n) is 6.51. The molecule has 1 aromatic heterocycles. The molecule has 0 aliphatic heterocycles. The Bertz CT molecular complexity index is 699. The van der Waals surface area contributed by atoms with E-state index in [4.69, 9.17) is 5.11 Å². The smallest absolute Gasteiger partial charge is 0.241 e. The molecule has 2 rings (SSSR count). The van der Waals surface area contributed by atoms with Gasteiger partial charge in [-0.15, -0.1) is 0 Å². The normalized spacial score (nSPS) is 11.9. The van der Waals surface area contributed by atoms with E-state index < -0.39 is 10.0 Å². The number of nitrogens with one attached hydrogen (secondary N) is 1. The van der Waals surface area contributed by atoms with Crippen LogP contribution in [0.2, 0.25) is 0 Å². The van der Waals surface area contributed by atoms with E-state index in [9.17, 15) is 8.42 Å². The van der Waals surface area contributed by atoms with E-state index in [0.29, 0.717) is 30.3 Å². The summed E-state index contributed by atoms with van der Waals surface area (Å²) in [5.74, 6) is 0. The molecule has 20 heavy (non-hydrogen) atoms. The number of fused-ring (bicyclic) bond motifs is 1. The Labute approximate surface area is 118 Å². The van der Waals surface area contributed by atoms with Crippen LogP contribution in [0.3, 0.4) is 0 Å². The number of aliphatic hydroxyl groups excluding tert-OH is 1. The van der Waals surface area contributed by atoms with Gasteiger partial charge in [0.05, 0.1) is 10.4 Å². The number of aliphatic hydroxyl groups is 1. The number of aryl methyl sites for hydroxylation is 1. The van der Waals surface area contributed by atoms with Crippen molar-refractivity contribution in [1.29, 1.82) is 0 Å². The maximum Gasteiger partial charge on any atom is 0.241 e. The lowest BCUT2D eigenvalue weighted by molar-refractivity contribution is 0.285. The van der Waals surface area contributed by atoms with E-state index >= 15 is 0 Å². The van der Waals surface area contributed by atoms with Gasteiger partial charge >= 0.3 is 0 Å². The van der Waals surface area contributed by atoms with Crippen molar-refractivity contribution in [2.75, 3.05) is 13.2 Å². The summed E-state index contributed by atoms with van der Waals surface area (Å²) in [7, 11) is -3.56. The minimum absolute atomic E-state index is 0.0686. The first-order valence-corrected chi connectivity index (χ1v) is 7.99. The molecule has 0 amide bonds. The van der Waals surface area contributed by atoms with Gasteiger partial charge in [-0.1, -0.05) is 6.07 Å². The maximum atomic E-state index is 12.3. The lowest BCUT2D eigenvalue weighted by Gasteiger charge is -2.10. The van der Waals surface area contributed by atoms with Crippen LogP contribution in [0.25, 0.3) is 10.9 Å². The van der Waals surface area contributed by atoms with Gasteiger partial charge in [0.1, 0.15) is 0 Å². The minimum Gasteiger partial charge on any atom is -0.396 e. The molecule has 0 bridgehead atoms. The summed E-state index contributed by atoms with van der Waals surface area (Å²) in [6.45, 7) is 2.29. The number of unbranched alkanes of at least 4 members (excludes halogenated alkanes) is 1. The van der Waals surface area contributed by atoms with Gasteiger partial charge in [0, 0.05) is 24.7 Å². The number of benzene rings is 1.